The van der Waals surface area contributed by atoms with E-state index in [2.05, 4.69) is 15.4 Å². The molecule has 0 unspecified atom stereocenters. The van der Waals surface area contributed by atoms with Crippen LogP contribution in [0.4, 0.5) is 16.3 Å². The molecule has 0 saturated heterocycles. The molecular weight excluding hydrogens is 233 g/mol. The van der Waals surface area contributed by atoms with E-state index in [9.17, 15) is 4.39 Å². The smallest absolute Gasteiger partial charge is 0.244 e. The number of rotatable bonds is 2. The molecule has 0 aliphatic rings. The molecule has 3 N–H and O–H groups in total. The van der Waals surface area contributed by atoms with Gasteiger partial charge in [-0.25, -0.2) is 4.39 Å². The Hall–Kier alpha value is -2.11. The third-order valence-corrected chi connectivity index (χ3v) is 2.17. The zero-order chi connectivity index (χ0) is 13.3. The van der Waals surface area contributed by atoms with Gasteiger partial charge in [0.2, 0.25) is 11.9 Å². The Kier molecular flexibility index (Phi) is 2.94. The highest BCUT2D eigenvalue weighted by atomic mass is 19.1. The summed E-state index contributed by atoms with van der Waals surface area (Å²) in [7, 11) is 0. The highest BCUT2D eigenvalue weighted by molar-refractivity contribution is 5.42. The molecule has 1 aromatic heterocycles. The number of hydrogen-bond acceptors (Lipinski definition) is 4. The van der Waals surface area contributed by atoms with E-state index < -0.39 is 0 Å². The van der Waals surface area contributed by atoms with Crippen molar-refractivity contribution in [1.29, 1.82) is 0 Å². The standard InChI is InChI=1S/C12H16FN5/c1-12(2,3)16-11-15-10(14)18(17-11)9-6-4-5-8(13)7-9/h4-7H,1-3H3,(H3,14,15,16,17). The maximum atomic E-state index is 13.1. The Bertz CT molecular complexity index is 556. The normalized spacial score (nSPS) is 11.6. The van der Waals surface area contributed by atoms with Crippen LogP contribution in [0.3, 0.4) is 0 Å². The van der Waals surface area contributed by atoms with Crippen LogP contribution in [0, 0.1) is 5.82 Å². The molecule has 0 amide bonds. The zero-order valence-electron chi connectivity index (χ0n) is 10.6. The molecule has 1 heterocycles. The second-order valence-electron chi connectivity index (χ2n) is 5.06. The van der Waals surface area contributed by atoms with E-state index in [1.54, 1.807) is 12.1 Å². The van der Waals surface area contributed by atoms with Crippen molar-refractivity contribution in [2.24, 2.45) is 0 Å². The van der Waals surface area contributed by atoms with Crippen molar-refractivity contribution >= 4 is 11.9 Å². The summed E-state index contributed by atoms with van der Waals surface area (Å²) in [5.41, 5.74) is 6.15. The quantitative estimate of drug-likeness (QED) is 0.856. The van der Waals surface area contributed by atoms with Gasteiger partial charge in [-0.05, 0) is 39.0 Å². The third kappa shape index (κ3) is 2.77. The van der Waals surface area contributed by atoms with Crippen molar-refractivity contribution in [2.75, 3.05) is 11.1 Å². The second-order valence-corrected chi connectivity index (χ2v) is 5.06. The summed E-state index contributed by atoms with van der Waals surface area (Å²) in [6.07, 6.45) is 0. The van der Waals surface area contributed by atoms with Crippen molar-refractivity contribution in [3.05, 3.63) is 30.1 Å². The van der Waals surface area contributed by atoms with Crippen molar-refractivity contribution in [3.8, 4) is 5.69 Å². The Balaban J connectivity index is 2.35. The monoisotopic (exact) mass is 249 g/mol. The van der Waals surface area contributed by atoms with Crippen LogP contribution in [-0.4, -0.2) is 20.3 Å². The fraction of sp³-hybridized carbons (Fsp3) is 0.333. The number of aromatic nitrogens is 3. The lowest BCUT2D eigenvalue weighted by Gasteiger charge is -2.18. The highest BCUT2D eigenvalue weighted by Gasteiger charge is 2.15. The Morgan fingerprint density at radius 2 is 2.06 bits per heavy atom. The van der Waals surface area contributed by atoms with Crippen LogP contribution in [0.1, 0.15) is 20.8 Å². The molecule has 1 aromatic carbocycles. The van der Waals surface area contributed by atoms with Gasteiger partial charge in [0.05, 0.1) is 5.69 Å². The van der Waals surface area contributed by atoms with Crippen LogP contribution < -0.4 is 11.1 Å². The molecular formula is C12H16FN5. The van der Waals surface area contributed by atoms with E-state index in [1.807, 2.05) is 20.8 Å². The van der Waals surface area contributed by atoms with E-state index in [-0.39, 0.29) is 17.3 Å². The molecule has 0 aliphatic heterocycles. The molecule has 0 spiro atoms. The summed E-state index contributed by atoms with van der Waals surface area (Å²) in [5, 5.41) is 7.32. The molecule has 0 saturated carbocycles. The fourth-order valence-electron chi connectivity index (χ4n) is 1.51. The number of halogens is 1. The van der Waals surface area contributed by atoms with E-state index >= 15 is 0 Å². The summed E-state index contributed by atoms with van der Waals surface area (Å²) < 4.78 is 14.5. The van der Waals surface area contributed by atoms with Crippen molar-refractivity contribution in [1.82, 2.24) is 14.8 Å². The SMILES string of the molecule is CC(C)(C)Nc1nc(N)n(-c2cccc(F)c2)n1. The van der Waals surface area contributed by atoms with Gasteiger partial charge in [0.25, 0.3) is 0 Å². The molecule has 0 radical (unpaired) electrons. The van der Waals surface area contributed by atoms with E-state index in [0.717, 1.165) is 0 Å². The molecule has 2 aromatic rings. The average Bonchev–Trinajstić information content (AvgIpc) is 2.56. The topological polar surface area (TPSA) is 68.8 Å². The molecule has 0 bridgehead atoms. The van der Waals surface area contributed by atoms with E-state index in [4.69, 9.17) is 5.73 Å². The molecule has 5 nitrogen and oxygen atoms in total. The van der Waals surface area contributed by atoms with Crippen LogP contribution in [0.2, 0.25) is 0 Å². The third-order valence-electron chi connectivity index (χ3n) is 2.17. The number of nitrogens with two attached hydrogens (primary N) is 1. The first-order valence-electron chi connectivity index (χ1n) is 5.62. The van der Waals surface area contributed by atoms with Crippen molar-refractivity contribution < 1.29 is 4.39 Å². The van der Waals surface area contributed by atoms with Crippen LogP contribution in [-0.2, 0) is 0 Å². The molecule has 0 atom stereocenters. The maximum Gasteiger partial charge on any atom is 0.244 e. The van der Waals surface area contributed by atoms with Crippen molar-refractivity contribution in [2.45, 2.75) is 26.3 Å². The lowest BCUT2D eigenvalue weighted by Crippen LogP contribution is -2.26. The Labute approximate surface area is 105 Å². The Morgan fingerprint density at radius 3 is 2.67 bits per heavy atom. The first-order chi connectivity index (χ1) is 8.35. The van der Waals surface area contributed by atoms with Gasteiger partial charge in [0.1, 0.15) is 5.82 Å². The second kappa shape index (κ2) is 4.29. The van der Waals surface area contributed by atoms with Gasteiger partial charge in [-0.1, -0.05) is 6.07 Å². The predicted molar refractivity (Wildman–Crippen MR) is 69.1 cm³/mol. The minimum Gasteiger partial charge on any atom is -0.368 e. The minimum absolute atomic E-state index is 0.166. The maximum absolute atomic E-state index is 13.1. The van der Waals surface area contributed by atoms with Gasteiger partial charge >= 0.3 is 0 Å². The number of nitrogen functional groups attached to an aromatic ring is 1. The van der Waals surface area contributed by atoms with Crippen LogP contribution in [0.25, 0.3) is 5.69 Å². The highest BCUT2D eigenvalue weighted by Crippen LogP contribution is 2.16. The van der Waals surface area contributed by atoms with Gasteiger partial charge in [-0.3, -0.25) is 0 Å². The largest absolute Gasteiger partial charge is 0.368 e. The van der Waals surface area contributed by atoms with Crippen LogP contribution >= 0.6 is 0 Å². The number of benzene rings is 1. The molecule has 0 aliphatic carbocycles. The van der Waals surface area contributed by atoms with Crippen LogP contribution in [0.15, 0.2) is 24.3 Å². The molecule has 0 fully saturated rings. The van der Waals surface area contributed by atoms with Gasteiger partial charge in [0.15, 0.2) is 0 Å². The van der Waals surface area contributed by atoms with Crippen LogP contribution in [0.5, 0.6) is 0 Å². The lowest BCUT2D eigenvalue weighted by molar-refractivity contribution is 0.622. The first-order valence-corrected chi connectivity index (χ1v) is 5.62. The van der Waals surface area contributed by atoms with E-state index in [1.165, 1.54) is 16.8 Å². The zero-order valence-corrected chi connectivity index (χ0v) is 10.6. The number of nitrogens with zero attached hydrogens (tertiary/aromatic N) is 3. The molecule has 6 heteroatoms. The Morgan fingerprint density at radius 1 is 1.33 bits per heavy atom. The summed E-state index contributed by atoms with van der Waals surface area (Å²) in [4.78, 5) is 4.10. The summed E-state index contributed by atoms with van der Waals surface area (Å²) in [5.74, 6) is 0.296. The fourth-order valence-corrected chi connectivity index (χ4v) is 1.51. The lowest BCUT2D eigenvalue weighted by atomic mass is 10.1. The van der Waals surface area contributed by atoms with Gasteiger partial charge < -0.3 is 11.1 Å². The van der Waals surface area contributed by atoms with Gasteiger partial charge in [-0.2, -0.15) is 9.67 Å². The summed E-state index contributed by atoms with van der Waals surface area (Å²) >= 11 is 0. The predicted octanol–water partition coefficient (Wildman–Crippen LogP) is 2.20. The number of nitrogens with one attached hydrogen (secondary N) is 1. The number of anilines is 2. The first kappa shape index (κ1) is 12.3. The minimum atomic E-state index is -0.340. The molecule has 18 heavy (non-hydrogen) atoms. The summed E-state index contributed by atoms with van der Waals surface area (Å²) in [6, 6.07) is 6.04. The van der Waals surface area contributed by atoms with Crippen molar-refractivity contribution in [3.63, 3.8) is 0 Å². The average molecular weight is 249 g/mol. The van der Waals surface area contributed by atoms with E-state index in [0.29, 0.717) is 11.6 Å². The molecule has 96 valence electrons. The molecule has 2 rings (SSSR count). The summed E-state index contributed by atoms with van der Waals surface area (Å²) in [6.45, 7) is 5.98. The number of hydrogen-bond donors (Lipinski definition) is 2. The van der Waals surface area contributed by atoms with Gasteiger partial charge in [0, 0.05) is 5.54 Å². The van der Waals surface area contributed by atoms with Gasteiger partial charge in [-0.15, -0.1) is 5.10 Å².